The summed E-state index contributed by atoms with van der Waals surface area (Å²) >= 11 is 6.04. The Labute approximate surface area is 89.5 Å². The fourth-order valence-electron chi connectivity index (χ4n) is 1.20. The van der Waals surface area contributed by atoms with E-state index in [0.29, 0.717) is 6.54 Å². The van der Waals surface area contributed by atoms with Gasteiger partial charge in [-0.05, 0) is 12.1 Å². The number of ether oxygens (including phenoxy) is 1. The Hall–Kier alpha value is -0.990. The molecule has 0 amide bonds. The minimum atomic E-state index is 0.689. The standard InChI is InChI=1S/C11H14ClNO/c1-3-7-13-8-9-10(12)5-4-6-11(9)14-2/h3-6,13H,1,7-8H2,2H3. The monoisotopic (exact) mass is 211 g/mol. The number of halogens is 1. The number of nitrogens with one attached hydrogen (secondary N) is 1. The SMILES string of the molecule is C=CCNCc1c(Cl)cccc1OC. The van der Waals surface area contributed by atoms with Crippen molar-refractivity contribution < 1.29 is 4.74 Å². The van der Waals surface area contributed by atoms with Crippen molar-refractivity contribution in [2.45, 2.75) is 6.54 Å². The van der Waals surface area contributed by atoms with E-state index < -0.39 is 0 Å². The van der Waals surface area contributed by atoms with Crippen molar-refractivity contribution in [3.05, 3.63) is 41.4 Å². The highest BCUT2D eigenvalue weighted by Crippen LogP contribution is 2.25. The number of hydrogen-bond donors (Lipinski definition) is 1. The molecule has 2 nitrogen and oxygen atoms in total. The lowest BCUT2D eigenvalue weighted by molar-refractivity contribution is 0.408. The molecule has 0 saturated heterocycles. The smallest absolute Gasteiger partial charge is 0.124 e. The Morgan fingerprint density at radius 2 is 2.36 bits per heavy atom. The highest BCUT2D eigenvalue weighted by Gasteiger charge is 2.05. The number of rotatable bonds is 5. The zero-order valence-corrected chi connectivity index (χ0v) is 8.97. The summed E-state index contributed by atoms with van der Waals surface area (Å²) in [4.78, 5) is 0. The zero-order chi connectivity index (χ0) is 10.4. The summed E-state index contributed by atoms with van der Waals surface area (Å²) in [5.74, 6) is 0.814. The van der Waals surface area contributed by atoms with Crippen LogP contribution in [-0.2, 0) is 6.54 Å². The lowest BCUT2D eigenvalue weighted by Crippen LogP contribution is -2.13. The van der Waals surface area contributed by atoms with Crippen LogP contribution in [0.2, 0.25) is 5.02 Å². The van der Waals surface area contributed by atoms with Crippen LogP contribution in [0.5, 0.6) is 5.75 Å². The van der Waals surface area contributed by atoms with Crippen LogP contribution in [0, 0.1) is 0 Å². The van der Waals surface area contributed by atoms with Gasteiger partial charge in [-0.2, -0.15) is 0 Å². The van der Waals surface area contributed by atoms with Gasteiger partial charge in [-0.1, -0.05) is 23.7 Å². The average Bonchev–Trinajstić information content (AvgIpc) is 2.20. The van der Waals surface area contributed by atoms with Gasteiger partial charge in [-0.25, -0.2) is 0 Å². The van der Waals surface area contributed by atoms with Crippen LogP contribution < -0.4 is 10.1 Å². The van der Waals surface area contributed by atoms with E-state index >= 15 is 0 Å². The Morgan fingerprint density at radius 1 is 1.57 bits per heavy atom. The van der Waals surface area contributed by atoms with E-state index in [1.807, 2.05) is 24.3 Å². The molecule has 1 aromatic rings. The number of methoxy groups -OCH3 is 1. The Balaban J connectivity index is 2.76. The van der Waals surface area contributed by atoms with Gasteiger partial charge in [-0.15, -0.1) is 6.58 Å². The summed E-state index contributed by atoms with van der Waals surface area (Å²) < 4.78 is 5.21. The van der Waals surface area contributed by atoms with Crippen LogP contribution in [0.15, 0.2) is 30.9 Å². The second kappa shape index (κ2) is 5.68. The summed E-state index contributed by atoms with van der Waals surface area (Å²) in [5.41, 5.74) is 0.985. The second-order valence-corrected chi connectivity index (χ2v) is 3.25. The second-order valence-electron chi connectivity index (χ2n) is 2.84. The molecule has 0 saturated carbocycles. The molecular formula is C11H14ClNO. The molecule has 0 aliphatic heterocycles. The molecule has 1 aromatic carbocycles. The van der Waals surface area contributed by atoms with E-state index in [1.165, 1.54) is 0 Å². The van der Waals surface area contributed by atoms with Crippen molar-refractivity contribution in [1.82, 2.24) is 5.32 Å². The molecule has 1 rings (SSSR count). The van der Waals surface area contributed by atoms with Gasteiger partial charge in [0, 0.05) is 23.7 Å². The molecule has 76 valence electrons. The highest BCUT2D eigenvalue weighted by atomic mass is 35.5. The van der Waals surface area contributed by atoms with Crippen molar-refractivity contribution in [2.24, 2.45) is 0 Å². The Morgan fingerprint density at radius 3 is 3.00 bits per heavy atom. The minimum Gasteiger partial charge on any atom is -0.496 e. The van der Waals surface area contributed by atoms with E-state index in [1.54, 1.807) is 7.11 Å². The molecule has 0 spiro atoms. The summed E-state index contributed by atoms with van der Waals surface area (Å²) in [7, 11) is 1.64. The van der Waals surface area contributed by atoms with Crippen LogP contribution in [0.4, 0.5) is 0 Å². The van der Waals surface area contributed by atoms with Gasteiger partial charge in [0.15, 0.2) is 0 Å². The van der Waals surface area contributed by atoms with E-state index in [4.69, 9.17) is 16.3 Å². The van der Waals surface area contributed by atoms with Crippen LogP contribution in [0.3, 0.4) is 0 Å². The molecule has 0 fully saturated rings. The molecule has 14 heavy (non-hydrogen) atoms. The molecule has 0 unspecified atom stereocenters. The van der Waals surface area contributed by atoms with Crippen molar-refractivity contribution in [3.8, 4) is 5.75 Å². The fourth-order valence-corrected chi connectivity index (χ4v) is 1.43. The maximum atomic E-state index is 6.04. The average molecular weight is 212 g/mol. The quantitative estimate of drug-likeness (QED) is 0.597. The van der Waals surface area contributed by atoms with E-state index in [9.17, 15) is 0 Å². The first-order valence-corrected chi connectivity index (χ1v) is 4.80. The summed E-state index contributed by atoms with van der Waals surface area (Å²) in [6.07, 6.45) is 1.81. The van der Waals surface area contributed by atoms with Crippen LogP contribution in [0.1, 0.15) is 5.56 Å². The summed E-state index contributed by atoms with van der Waals surface area (Å²) in [5, 5.41) is 3.91. The summed E-state index contributed by atoms with van der Waals surface area (Å²) in [6, 6.07) is 5.63. The van der Waals surface area contributed by atoms with Gasteiger partial charge in [0.05, 0.1) is 7.11 Å². The number of benzene rings is 1. The van der Waals surface area contributed by atoms with Crippen molar-refractivity contribution >= 4 is 11.6 Å². The molecule has 0 aliphatic carbocycles. The predicted molar refractivity (Wildman–Crippen MR) is 59.9 cm³/mol. The normalized spacial score (nSPS) is 9.86. The molecule has 3 heteroatoms. The van der Waals surface area contributed by atoms with Crippen LogP contribution in [0.25, 0.3) is 0 Å². The van der Waals surface area contributed by atoms with Gasteiger partial charge in [0.2, 0.25) is 0 Å². The van der Waals surface area contributed by atoms with Gasteiger partial charge in [0.1, 0.15) is 5.75 Å². The van der Waals surface area contributed by atoms with Crippen molar-refractivity contribution in [1.29, 1.82) is 0 Å². The highest BCUT2D eigenvalue weighted by molar-refractivity contribution is 6.31. The maximum absolute atomic E-state index is 6.04. The molecular weight excluding hydrogens is 198 g/mol. The van der Waals surface area contributed by atoms with E-state index in [0.717, 1.165) is 22.9 Å². The lowest BCUT2D eigenvalue weighted by Gasteiger charge is -2.10. The first-order chi connectivity index (χ1) is 6.79. The topological polar surface area (TPSA) is 21.3 Å². The van der Waals surface area contributed by atoms with E-state index in [-0.39, 0.29) is 0 Å². The maximum Gasteiger partial charge on any atom is 0.124 e. The zero-order valence-electron chi connectivity index (χ0n) is 8.22. The molecule has 0 radical (unpaired) electrons. The van der Waals surface area contributed by atoms with Gasteiger partial charge >= 0.3 is 0 Å². The Kier molecular flexibility index (Phi) is 4.50. The van der Waals surface area contributed by atoms with E-state index in [2.05, 4.69) is 11.9 Å². The molecule has 0 bridgehead atoms. The number of hydrogen-bond acceptors (Lipinski definition) is 2. The van der Waals surface area contributed by atoms with Gasteiger partial charge in [-0.3, -0.25) is 0 Å². The van der Waals surface area contributed by atoms with Crippen molar-refractivity contribution in [2.75, 3.05) is 13.7 Å². The molecule has 0 heterocycles. The largest absolute Gasteiger partial charge is 0.496 e. The third-order valence-corrected chi connectivity index (χ3v) is 2.24. The van der Waals surface area contributed by atoms with Crippen LogP contribution >= 0.6 is 11.6 Å². The molecule has 0 aliphatic rings. The summed E-state index contributed by atoms with van der Waals surface area (Å²) in [6.45, 7) is 5.08. The predicted octanol–water partition coefficient (Wildman–Crippen LogP) is 2.62. The van der Waals surface area contributed by atoms with Gasteiger partial charge < -0.3 is 10.1 Å². The fraction of sp³-hybridized carbons (Fsp3) is 0.273. The van der Waals surface area contributed by atoms with Gasteiger partial charge in [0.25, 0.3) is 0 Å². The minimum absolute atomic E-state index is 0.689. The van der Waals surface area contributed by atoms with Crippen LogP contribution in [-0.4, -0.2) is 13.7 Å². The first-order valence-electron chi connectivity index (χ1n) is 4.42. The van der Waals surface area contributed by atoms with Crippen molar-refractivity contribution in [3.63, 3.8) is 0 Å². The molecule has 0 atom stereocenters. The lowest BCUT2D eigenvalue weighted by atomic mass is 10.2. The first kappa shape index (κ1) is 11.1. The molecule has 1 N–H and O–H groups in total. The third-order valence-electron chi connectivity index (χ3n) is 1.89. The third kappa shape index (κ3) is 2.76. The Bertz CT molecular complexity index is 312. The molecule has 0 aromatic heterocycles.